The van der Waals surface area contributed by atoms with E-state index in [4.69, 9.17) is 5.73 Å². The van der Waals surface area contributed by atoms with E-state index in [1.165, 1.54) is 15.8 Å². The molecule has 7 nitrogen and oxygen atoms in total. The fourth-order valence-corrected chi connectivity index (χ4v) is 4.36. The molecule has 120 valence electrons. The van der Waals surface area contributed by atoms with Gasteiger partial charge in [0.05, 0.1) is 11.4 Å². The van der Waals surface area contributed by atoms with Crippen molar-refractivity contribution < 1.29 is 0 Å². The van der Waals surface area contributed by atoms with Crippen LogP contribution in [0, 0.1) is 6.92 Å². The molecule has 5 rings (SSSR count). The Balaban J connectivity index is 1.74. The van der Waals surface area contributed by atoms with E-state index in [2.05, 4.69) is 44.3 Å². The van der Waals surface area contributed by atoms with Crippen LogP contribution in [0.4, 0.5) is 5.95 Å². The maximum atomic E-state index is 5.63. The summed E-state index contributed by atoms with van der Waals surface area (Å²) in [5.41, 5.74) is 12.3. The zero-order valence-corrected chi connectivity index (χ0v) is 13.8. The van der Waals surface area contributed by atoms with Gasteiger partial charge < -0.3 is 10.7 Å². The molecule has 1 aliphatic heterocycles. The average Bonchev–Trinajstić information content (AvgIpc) is 3.23. The maximum Gasteiger partial charge on any atom is 0.239 e. The first-order valence-electron chi connectivity index (χ1n) is 7.71. The summed E-state index contributed by atoms with van der Waals surface area (Å²) in [5.74, 6) is 1.31. The van der Waals surface area contributed by atoms with Gasteiger partial charge in [0.15, 0.2) is 0 Å². The van der Waals surface area contributed by atoms with E-state index >= 15 is 0 Å². The minimum atomic E-state index is 0.272. The summed E-state index contributed by atoms with van der Waals surface area (Å²) in [5, 5.41) is 13.0. The molecule has 0 saturated carbocycles. The Morgan fingerprint density at radius 2 is 2.25 bits per heavy atom. The molecule has 0 aliphatic carbocycles. The molecule has 0 unspecified atom stereocenters. The van der Waals surface area contributed by atoms with Crippen LogP contribution in [-0.4, -0.2) is 35.7 Å². The molecule has 4 aromatic rings. The van der Waals surface area contributed by atoms with Crippen molar-refractivity contribution in [2.24, 2.45) is 0 Å². The lowest BCUT2D eigenvalue weighted by molar-refractivity contribution is 0.885. The summed E-state index contributed by atoms with van der Waals surface area (Å²) in [7, 11) is 0. The molecule has 1 aromatic carbocycles. The Labute approximate surface area is 141 Å². The quantitative estimate of drug-likeness (QED) is 0.496. The lowest BCUT2D eigenvalue weighted by Crippen LogP contribution is -1.96. The SMILES string of the molecule is Cc1[nH]nc2c1CCSc1c-2[nH]c2ccc(-n3cnc(N)n3)cc12. The number of nitrogens with zero attached hydrogens (tertiary/aromatic N) is 4. The number of benzene rings is 1. The molecule has 0 saturated heterocycles. The normalized spacial score (nSPS) is 13.7. The minimum absolute atomic E-state index is 0.272. The highest BCUT2D eigenvalue weighted by atomic mass is 32.2. The standard InChI is InChI=1S/C16H15N7S/c1-8-10-4-5-24-15-11-6-9(23-7-18-16(17)22-23)2-3-12(11)19-14(15)13(10)21-20-8/h2-3,6-7,19H,4-5H2,1H3,(H2,17,22)(H,20,21). The number of nitrogen functional groups attached to an aromatic ring is 1. The highest BCUT2D eigenvalue weighted by Gasteiger charge is 2.23. The summed E-state index contributed by atoms with van der Waals surface area (Å²) in [6.07, 6.45) is 2.65. The predicted octanol–water partition coefficient (Wildman–Crippen LogP) is 2.68. The largest absolute Gasteiger partial charge is 0.366 e. The number of aromatic nitrogens is 6. The van der Waals surface area contributed by atoms with Crippen LogP contribution in [0.25, 0.3) is 28.0 Å². The number of H-pyrrole nitrogens is 2. The van der Waals surface area contributed by atoms with E-state index in [-0.39, 0.29) is 5.95 Å². The number of nitrogens with two attached hydrogens (primary N) is 1. The van der Waals surface area contributed by atoms with Gasteiger partial charge in [-0.05, 0) is 31.5 Å². The number of nitrogens with one attached hydrogen (secondary N) is 2. The summed E-state index contributed by atoms with van der Waals surface area (Å²) < 4.78 is 1.69. The third-order valence-corrected chi connectivity index (χ3v) is 5.54. The van der Waals surface area contributed by atoms with Gasteiger partial charge in [0, 0.05) is 32.8 Å². The number of rotatable bonds is 1. The molecule has 0 radical (unpaired) electrons. The van der Waals surface area contributed by atoms with Gasteiger partial charge in [-0.1, -0.05) is 0 Å². The first kappa shape index (κ1) is 13.7. The highest BCUT2D eigenvalue weighted by molar-refractivity contribution is 7.99. The second kappa shape index (κ2) is 4.88. The van der Waals surface area contributed by atoms with Crippen molar-refractivity contribution in [1.29, 1.82) is 0 Å². The van der Waals surface area contributed by atoms with Gasteiger partial charge in [0.2, 0.25) is 5.95 Å². The van der Waals surface area contributed by atoms with Gasteiger partial charge in [-0.3, -0.25) is 5.10 Å². The number of hydrogen-bond acceptors (Lipinski definition) is 5. The van der Waals surface area contributed by atoms with Crippen LogP contribution in [0.3, 0.4) is 0 Å². The van der Waals surface area contributed by atoms with Crippen LogP contribution < -0.4 is 5.73 Å². The Morgan fingerprint density at radius 3 is 3.08 bits per heavy atom. The smallest absolute Gasteiger partial charge is 0.239 e. The number of hydrogen-bond donors (Lipinski definition) is 3. The molecule has 0 bridgehead atoms. The van der Waals surface area contributed by atoms with Crippen molar-refractivity contribution in [2.75, 3.05) is 11.5 Å². The van der Waals surface area contributed by atoms with Crippen LogP contribution in [0.2, 0.25) is 0 Å². The van der Waals surface area contributed by atoms with Gasteiger partial charge in [-0.15, -0.1) is 16.9 Å². The van der Waals surface area contributed by atoms with Crippen LogP contribution in [0.5, 0.6) is 0 Å². The van der Waals surface area contributed by atoms with E-state index in [0.29, 0.717) is 0 Å². The fourth-order valence-electron chi connectivity index (χ4n) is 3.23. The number of thioether (sulfide) groups is 1. The molecule has 4 heterocycles. The predicted molar refractivity (Wildman–Crippen MR) is 94.4 cm³/mol. The van der Waals surface area contributed by atoms with Gasteiger partial charge >= 0.3 is 0 Å². The van der Waals surface area contributed by atoms with E-state index in [0.717, 1.165) is 40.5 Å². The molecule has 0 spiro atoms. The van der Waals surface area contributed by atoms with Crippen LogP contribution in [0.15, 0.2) is 29.4 Å². The highest BCUT2D eigenvalue weighted by Crippen LogP contribution is 2.42. The van der Waals surface area contributed by atoms with Crippen LogP contribution >= 0.6 is 11.8 Å². The zero-order chi connectivity index (χ0) is 16.3. The third kappa shape index (κ3) is 1.89. The molecular weight excluding hydrogens is 322 g/mol. The second-order valence-electron chi connectivity index (χ2n) is 5.88. The summed E-state index contributed by atoms with van der Waals surface area (Å²) in [6.45, 7) is 2.08. The first-order chi connectivity index (χ1) is 11.7. The van der Waals surface area contributed by atoms with Gasteiger partial charge in [-0.25, -0.2) is 9.67 Å². The summed E-state index contributed by atoms with van der Waals surface area (Å²) in [4.78, 5) is 8.78. The van der Waals surface area contributed by atoms with Crippen molar-refractivity contribution in [2.45, 2.75) is 18.2 Å². The molecule has 0 amide bonds. The minimum Gasteiger partial charge on any atom is -0.366 e. The second-order valence-corrected chi connectivity index (χ2v) is 6.99. The van der Waals surface area contributed by atoms with Crippen molar-refractivity contribution in [3.05, 3.63) is 35.8 Å². The van der Waals surface area contributed by atoms with E-state index < -0.39 is 0 Å². The van der Waals surface area contributed by atoms with Gasteiger partial charge in [0.1, 0.15) is 12.0 Å². The third-order valence-electron chi connectivity index (χ3n) is 4.42. The summed E-state index contributed by atoms with van der Waals surface area (Å²) in [6, 6.07) is 6.20. The number of aromatic amines is 2. The molecular formula is C16H15N7S. The Kier molecular flexibility index (Phi) is 2.78. The van der Waals surface area contributed by atoms with Gasteiger partial charge in [-0.2, -0.15) is 5.10 Å². The molecule has 1 aliphatic rings. The lowest BCUT2D eigenvalue weighted by atomic mass is 10.1. The van der Waals surface area contributed by atoms with Gasteiger partial charge in [0.25, 0.3) is 0 Å². The fraction of sp³-hybridized carbons (Fsp3) is 0.188. The molecule has 24 heavy (non-hydrogen) atoms. The van der Waals surface area contributed by atoms with Crippen LogP contribution in [-0.2, 0) is 6.42 Å². The van der Waals surface area contributed by atoms with Crippen molar-refractivity contribution >= 4 is 28.6 Å². The summed E-state index contributed by atoms with van der Waals surface area (Å²) >= 11 is 1.87. The van der Waals surface area contributed by atoms with Crippen LogP contribution in [0.1, 0.15) is 11.3 Å². The monoisotopic (exact) mass is 337 g/mol. The van der Waals surface area contributed by atoms with E-state index in [9.17, 15) is 0 Å². The molecule has 8 heteroatoms. The molecule has 0 atom stereocenters. The molecule has 0 fully saturated rings. The number of anilines is 1. The topological polar surface area (TPSA) is 101 Å². The number of fused-ring (bicyclic) bond motifs is 5. The Bertz CT molecular complexity index is 1070. The van der Waals surface area contributed by atoms with Crippen molar-refractivity contribution in [3.63, 3.8) is 0 Å². The van der Waals surface area contributed by atoms with E-state index in [1.807, 2.05) is 17.8 Å². The number of aryl methyl sites for hydroxylation is 1. The van der Waals surface area contributed by atoms with Crippen molar-refractivity contribution in [1.82, 2.24) is 29.9 Å². The lowest BCUT2D eigenvalue weighted by Gasteiger charge is -2.02. The maximum absolute atomic E-state index is 5.63. The van der Waals surface area contributed by atoms with E-state index in [1.54, 1.807) is 11.0 Å². The molecule has 3 aromatic heterocycles. The zero-order valence-electron chi connectivity index (χ0n) is 13.0. The van der Waals surface area contributed by atoms with Crippen molar-refractivity contribution in [3.8, 4) is 17.1 Å². The first-order valence-corrected chi connectivity index (χ1v) is 8.69. The average molecular weight is 337 g/mol. The Hall–Kier alpha value is -2.74. The Morgan fingerprint density at radius 1 is 1.33 bits per heavy atom. The molecule has 4 N–H and O–H groups in total.